The molecule has 1 heterocycles. The van der Waals surface area contributed by atoms with E-state index in [9.17, 15) is 9.59 Å². The third-order valence-corrected chi connectivity index (χ3v) is 3.42. The van der Waals surface area contributed by atoms with Crippen LogP contribution in [0.3, 0.4) is 0 Å². The minimum absolute atomic E-state index is 0.0352. The Morgan fingerprint density at radius 3 is 2.44 bits per heavy atom. The van der Waals surface area contributed by atoms with Crippen molar-refractivity contribution in [2.24, 2.45) is 0 Å². The summed E-state index contributed by atoms with van der Waals surface area (Å²) in [6.45, 7) is 0. The highest BCUT2D eigenvalue weighted by Gasteiger charge is 2.32. The number of fused-ring (bicyclic) bond motifs is 1. The Morgan fingerprint density at radius 1 is 1.06 bits per heavy atom. The topological polar surface area (TPSA) is 37.4 Å². The summed E-state index contributed by atoms with van der Waals surface area (Å²) in [5.74, 6) is -0.0705. The van der Waals surface area contributed by atoms with Crippen molar-refractivity contribution in [3.8, 4) is 0 Å². The van der Waals surface area contributed by atoms with Gasteiger partial charge < -0.3 is 4.90 Å². The Balaban J connectivity index is 2.28. The molecule has 3 nitrogen and oxygen atoms in total. The normalized spacial score (nSPS) is 18.6. The zero-order valence-corrected chi connectivity index (χ0v) is 10.1. The molecule has 2 aliphatic rings. The summed E-state index contributed by atoms with van der Waals surface area (Å²) in [6, 6.07) is 7.82. The summed E-state index contributed by atoms with van der Waals surface area (Å²) in [5.41, 5.74) is 3.13. The van der Waals surface area contributed by atoms with E-state index in [2.05, 4.69) is 0 Å². The first-order valence-electron chi connectivity index (χ1n) is 5.99. The van der Waals surface area contributed by atoms with Crippen LogP contribution in [0.1, 0.15) is 24.0 Å². The number of benzene rings is 1. The Labute approximate surface area is 105 Å². The molecule has 0 radical (unpaired) electrons. The van der Waals surface area contributed by atoms with Gasteiger partial charge in [0.25, 0.3) is 0 Å². The maximum absolute atomic E-state index is 11.9. The summed E-state index contributed by atoms with van der Waals surface area (Å²) in [4.78, 5) is 25.7. The lowest BCUT2D eigenvalue weighted by Gasteiger charge is -2.25. The van der Waals surface area contributed by atoms with Gasteiger partial charge in [0.1, 0.15) is 0 Å². The van der Waals surface area contributed by atoms with E-state index in [0.717, 1.165) is 16.8 Å². The van der Waals surface area contributed by atoms with Crippen LogP contribution in [0.4, 0.5) is 0 Å². The highest BCUT2D eigenvalue weighted by atomic mass is 16.2. The first-order chi connectivity index (χ1) is 8.68. The molecule has 0 atom stereocenters. The van der Waals surface area contributed by atoms with Crippen LogP contribution in [-0.2, 0) is 9.59 Å². The molecule has 0 spiro atoms. The molecule has 1 aromatic carbocycles. The molecule has 0 saturated heterocycles. The van der Waals surface area contributed by atoms with E-state index in [4.69, 9.17) is 0 Å². The number of hydrogen-bond acceptors (Lipinski definition) is 3. The second kappa shape index (κ2) is 3.95. The van der Waals surface area contributed by atoms with Crippen molar-refractivity contribution in [3.05, 3.63) is 47.2 Å². The average molecular weight is 239 g/mol. The molecule has 0 bridgehead atoms. The summed E-state index contributed by atoms with van der Waals surface area (Å²) in [5, 5.41) is 0. The van der Waals surface area contributed by atoms with Crippen LogP contribution in [0.2, 0.25) is 0 Å². The summed E-state index contributed by atoms with van der Waals surface area (Å²) < 4.78 is 0. The molecular weight excluding hydrogens is 226 g/mol. The molecule has 90 valence electrons. The van der Waals surface area contributed by atoms with Gasteiger partial charge in [-0.1, -0.05) is 24.3 Å². The van der Waals surface area contributed by atoms with Crippen molar-refractivity contribution < 1.29 is 9.59 Å². The number of rotatable bonds is 0. The zero-order valence-electron chi connectivity index (χ0n) is 10.1. The van der Waals surface area contributed by atoms with Crippen molar-refractivity contribution >= 4 is 23.3 Å². The van der Waals surface area contributed by atoms with Gasteiger partial charge in [0, 0.05) is 31.7 Å². The summed E-state index contributed by atoms with van der Waals surface area (Å²) >= 11 is 0. The minimum atomic E-state index is -0.0352. The second-order valence-corrected chi connectivity index (χ2v) is 4.58. The molecule has 0 amide bonds. The van der Waals surface area contributed by atoms with Crippen LogP contribution >= 0.6 is 0 Å². The van der Waals surface area contributed by atoms with Gasteiger partial charge in [-0.3, -0.25) is 9.59 Å². The Bertz CT molecular complexity index is 593. The molecule has 3 rings (SSSR count). The SMILES string of the molecule is CN1C=Cc2ccccc2C1=C1C(=O)CCC1=O. The van der Waals surface area contributed by atoms with Gasteiger partial charge >= 0.3 is 0 Å². The van der Waals surface area contributed by atoms with Crippen molar-refractivity contribution in [2.45, 2.75) is 12.8 Å². The number of Topliss-reactive ketones (excluding diaryl/α,β-unsaturated/α-hetero) is 2. The zero-order chi connectivity index (χ0) is 12.7. The van der Waals surface area contributed by atoms with Gasteiger partial charge in [-0.05, 0) is 11.6 Å². The van der Waals surface area contributed by atoms with Gasteiger partial charge in [0.15, 0.2) is 11.6 Å². The lowest BCUT2D eigenvalue weighted by molar-refractivity contribution is -0.116. The maximum atomic E-state index is 11.9. The number of hydrogen-bond donors (Lipinski definition) is 0. The van der Waals surface area contributed by atoms with Crippen LogP contribution in [-0.4, -0.2) is 23.5 Å². The second-order valence-electron chi connectivity index (χ2n) is 4.58. The molecule has 1 fully saturated rings. The molecule has 18 heavy (non-hydrogen) atoms. The number of ketones is 2. The Morgan fingerprint density at radius 2 is 1.72 bits per heavy atom. The van der Waals surface area contributed by atoms with E-state index < -0.39 is 0 Å². The Kier molecular flexibility index (Phi) is 2.40. The highest BCUT2D eigenvalue weighted by Crippen LogP contribution is 2.34. The molecule has 1 aliphatic carbocycles. The molecule has 1 saturated carbocycles. The van der Waals surface area contributed by atoms with Gasteiger partial charge in [0.05, 0.1) is 11.3 Å². The summed E-state index contributed by atoms with van der Waals surface area (Å²) in [6.07, 6.45) is 4.57. The third-order valence-electron chi connectivity index (χ3n) is 3.42. The van der Waals surface area contributed by atoms with E-state index in [1.165, 1.54) is 0 Å². The quantitative estimate of drug-likeness (QED) is 0.514. The van der Waals surface area contributed by atoms with Crippen molar-refractivity contribution in [1.82, 2.24) is 4.90 Å². The monoisotopic (exact) mass is 239 g/mol. The van der Waals surface area contributed by atoms with Crippen molar-refractivity contribution in [1.29, 1.82) is 0 Å². The molecule has 1 aromatic rings. The predicted molar refractivity (Wildman–Crippen MR) is 69.4 cm³/mol. The minimum Gasteiger partial charge on any atom is -0.350 e. The summed E-state index contributed by atoms with van der Waals surface area (Å²) in [7, 11) is 1.87. The van der Waals surface area contributed by atoms with Gasteiger partial charge in [-0.2, -0.15) is 0 Å². The highest BCUT2D eigenvalue weighted by molar-refractivity contribution is 6.29. The lowest BCUT2D eigenvalue weighted by atomic mass is 9.96. The van der Waals surface area contributed by atoms with Gasteiger partial charge in [-0.15, -0.1) is 0 Å². The van der Waals surface area contributed by atoms with Crippen LogP contribution in [0.15, 0.2) is 36.0 Å². The molecular formula is C15H13NO2. The maximum Gasteiger partial charge on any atom is 0.169 e. The van der Waals surface area contributed by atoms with Crippen molar-refractivity contribution in [3.63, 3.8) is 0 Å². The number of allylic oxidation sites excluding steroid dienone is 1. The molecule has 0 unspecified atom stereocenters. The number of carbonyl (C=O) groups is 2. The van der Waals surface area contributed by atoms with Crippen LogP contribution < -0.4 is 0 Å². The number of nitrogens with zero attached hydrogens (tertiary/aromatic N) is 1. The van der Waals surface area contributed by atoms with Gasteiger partial charge in [0.2, 0.25) is 0 Å². The van der Waals surface area contributed by atoms with E-state index in [0.29, 0.717) is 18.4 Å². The van der Waals surface area contributed by atoms with E-state index >= 15 is 0 Å². The van der Waals surface area contributed by atoms with Crippen LogP contribution in [0.25, 0.3) is 11.8 Å². The fourth-order valence-corrected chi connectivity index (χ4v) is 2.52. The standard InChI is InChI=1S/C15H13NO2/c1-16-9-8-10-4-2-3-5-11(10)15(16)14-12(17)6-7-13(14)18/h2-5,8-9H,6-7H2,1H3. The van der Waals surface area contributed by atoms with E-state index in [1.54, 1.807) is 0 Å². The van der Waals surface area contributed by atoms with E-state index in [-0.39, 0.29) is 11.6 Å². The van der Waals surface area contributed by atoms with Crippen LogP contribution in [0, 0.1) is 0 Å². The fourth-order valence-electron chi connectivity index (χ4n) is 2.52. The first-order valence-corrected chi connectivity index (χ1v) is 5.99. The molecule has 0 N–H and O–H groups in total. The average Bonchev–Trinajstić information content (AvgIpc) is 2.70. The molecule has 0 aromatic heterocycles. The lowest BCUT2D eigenvalue weighted by Crippen LogP contribution is -2.19. The third kappa shape index (κ3) is 1.51. The van der Waals surface area contributed by atoms with Gasteiger partial charge in [-0.25, -0.2) is 0 Å². The van der Waals surface area contributed by atoms with Crippen molar-refractivity contribution in [2.75, 3.05) is 7.05 Å². The fraction of sp³-hybridized carbons (Fsp3) is 0.200. The smallest absolute Gasteiger partial charge is 0.169 e. The Hall–Kier alpha value is -2.16. The number of carbonyl (C=O) groups excluding carboxylic acids is 2. The van der Waals surface area contributed by atoms with E-state index in [1.807, 2.05) is 48.5 Å². The van der Waals surface area contributed by atoms with Crippen LogP contribution in [0.5, 0.6) is 0 Å². The largest absolute Gasteiger partial charge is 0.350 e. The first kappa shape index (κ1) is 11.0. The molecule has 3 heteroatoms. The predicted octanol–water partition coefficient (Wildman–Crippen LogP) is 2.25. The molecule has 1 aliphatic heterocycles.